The van der Waals surface area contributed by atoms with Gasteiger partial charge >= 0.3 is 16.1 Å². The van der Waals surface area contributed by atoms with Gasteiger partial charge in [0, 0.05) is 6.04 Å². The third-order valence-electron chi connectivity index (χ3n) is 4.65. The van der Waals surface area contributed by atoms with E-state index in [2.05, 4.69) is 0 Å². The first-order valence-electron chi connectivity index (χ1n) is 9.37. The maximum Gasteiger partial charge on any atom is 0.339 e. The van der Waals surface area contributed by atoms with Crippen LogP contribution in [0.15, 0.2) is 89.8 Å². The van der Waals surface area contributed by atoms with Crippen molar-refractivity contribution >= 4 is 16.1 Å². The minimum Gasteiger partial charge on any atom is -0.469 e. The molecule has 0 fully saturated rings. The average molecular weight is 426 g/mol. The van der Waals surface area contributed by atoms with E-state index < -0.39 is 28.0 Å². The molecule has 30 heavy (non-hydrogen) atoms. The topological polar surface area (TPSA) is 95.7 Å². The minimum atomic E-state index is -4.00. The largest absolute Gasteiger partial charge is 0.469 e. The molecule has 0 bridgehead atoms. The van der Waals surface area contributed by atoms with Gasteiger partial charge < -0.3 is 14.7 Å². The van der Waals surface area contributed by atoms with Crippen molar-refractivity contribution in [1.29, 1.82) is 0 Å². The minimum absolute atomic E-state index is 0.0423. The molecular weight excluding hydrogens is 402 g/mol. The number of nitrogens with two attached hydrogens (primary N) is 1. The number of esters is 1. The highest BCUT2D eigenvalue weighted by Gasteiger charge is 2.29. The third-order valence-corrected chi connectivity index (χ3v) is 5.91. The lowest BCUT2D eigenvalue weighted by atomic mass is 9.88. The predicted octanol–water partition coefficient (Wildman–Crippen LogP) is 3.28. The van der Waals surface area contributed by atoms with Gasteiger partial charge in [-0.2, -0.15) is 8.42 Å². The van der Waals surface area contributed by atoms with Crippen molar-refractivity contribution in [2.45, 2.75) is 23.3 Å². The van der Waals surface area contributed by atoms with Crippen molar-refractivity contribution in [2.75, 3.05) is 7.11 Å². The van der Waals surface area contributed by atoms with E-state index in [-0.39, 0.29) is 10.6 Å². The second kappa shape index (κ2) is 9.56. The van der Waals surface area contributed by atoms with Gasteiger partial charge in [0.15, 0.2) is 0 Å². The Labute approximate surface area is 176 Å². The van der Waals surface area contributed by atoms with Crippen molar-refractivity contribution in [3.05, 3.63) is 96.1 Å². The number of benzene rings is 3. The van der Waals surface area contributed by atoms with Crippen LogP contribution in [0.25, 0.3) is 0 Å². The van der Waals surface area contributed by atoms with E-state index in [0.717, 1.165) is 5.56 Å². The highest BCUT2D eigenvalue weighted by Crippen LogP contribution is 2.27. The summed E-state index contributed by atoms with van der Waals surface area (Å²) in [6.45, 7) is 0. The van der Waals surface area contributed by atoms with Crippen LogP contribution < -0.4 is 9.92 Å². The first-order valence-corrected chi connectivity index (χ1v) is 10.8. The number of hydrogen-bond donors (Lipinski definition) is 1. The van der Waals surface area contributed by atoms with Crippen LogP contribution >= 0.6 is 0 Å². The zero-order valence-electron chi connectivity index (χ0n) is 16.5. The quantitative estimate of drug-likeness (QED) is 0.440. The number of methoxy groups -OCH3 is 1. The second-order valence-electron chi connectivity index (χ2n) is 6.78. The van der Waals surface area contributed by atoms with Crippen LogP contribution in [0, 0.1) is 0 Å². The highest BCUT2D eigenvalue weighted by atomic mass is 32.2. The first-order chi connectivity index (χ1) is 14.4. The van der Waals surface area contributed by atoms with Gasteiger partial charge in [0.2, 0.25) is 0 Å². The van der Waals surface area contributed by atoms with Crippen LogP contribution in [0.3, 0.4) is 0 Å². The van der Waals surface area contributed by atoms with Crippen molar-refractivity contribution in [3.8, 4) is 5.75 Å². The summed E-state index contributed by atoms with van der Waals surface area (Å²) >= 11 is 0. The van der Waals surface area contributed by atoms with Crippen LogP contribution in [0.5, 0.6) is 5.75 Å². The summed E-state index contributed by atoms with van der Waals surface area (Å²) in [5.74, 6) is -1.18. The number of ether oxygens (including phenoxy) is 1. The summed E-state index contributed by atoms with van der Waals surface area (Å²) in [6, 6.07) is 23.2. The second-order valence-corrected chi connectivity index (χ2v) is 8.32. The summed E-state index contributed by atoms with van der Waals surface area (Å²) in [7, 11) is -2.70. The molecule has 0 saturated carbocycles. The molecule has 0 heterocycles. The lowest BCUT2D eigenvalue weighted by molar-refractivity contribution is -0.143. The lowest BCUT2D eigenvalue weighted by Crippen LogP contribution is -2.36. The molecule has 156 valence electrons. The zero-order chi connectivity index (χ0) is 21.6. The first kappa shape index (κ1) is 21.5. The molecule has 0 radical (unpaired) electrons. The van der Waals surface area contributed by atoms with E-state index >= 15 is 0 Å². The molecule has 3 aromatic rings. The Kier molecular flexibility index (Phi) is 6.87. The van der Waals surface area contributed by atoms with Crippen molar-refractivity contribution in [3.63, 3.8) is 0 Å². The summed E-state index contributed by atoms with van der Waals surface area (Å²) in [4.78, 5) is 12.5. The van der Waals surface area contributed by atoms with Gasteiger partial charge in [-0.15, -0.1) is 0 Å². The molecule has 2 atom stereocenters. The molecule has 0 aliphatic carbocycles. The molecule has 0 aliphatic heterocycles. The van der Waals surface area contributed by atoms with Gasteiger partial charge in [0.1, 0.15) is 10.6 Å². The standard InChI is InChI=1S/C23H23NO5S/c1-28-23(25)22(21(24)15-17-9-4-2-5-10-17)18-11-8-12-19(16-18)29-30(26,27)20-13-6-3-7-14-20/h2-14,16,21-22H,15,24H2,1H3. The Balaban J connectivity index is 1.87. The van der Waals surface area contributed by atoms with Crippen LogP contribution in [0.2, 0.25) is 0 Å². The Morgan fingerprint density at radius 3 is 2.20 bits per heavy atom. The summed E-state index contributed by atoms with van der Waals surface area (Å²) in [6.07, 6.45) is 0.452. The molecule has 0 aliphatic rings. The summed E-state index contributed by atoms with van der Waals surface area (Å²) in [5, 5.41) is 0. The van der Waals surface area contributed by atoms with E-state index in [1.807, 2.05) is 30.3 Å². The highest BCUT2D eigenvalue weighted by molar-refractivity contribution is 7.87. The maximum atomic E-state index is 12.5. The number of carbonyl (C=O) groups excluding carboxylic acids is 1. The Hall–Kier alpha value is -3.16. The Morgan fingerprint density at radius 1 is 0.933 bits per heavy atom. The summed E-state index contributed by atoms with van der Waals surface area (Å²) < 4.78 is 35.2. The molecule has 3 aromatic carbocycles. The molecule has 6 nitrogen and oxygen atoms in total. The van der Waals surface area contributed by atoms with Crippen LogP contribution in [0.1, 0.15) is 17.0 Å². The molecule has 7 heteroatoms. The monoisotopic (exact) mass is 425 g/mol. The number of carbonyl (C=O) groups is 1. The Morgan fingerprint density at radius 2 is 1.57 bits per heavy atom. The van der Waals surface area contributed by atoms with Crippen molar-refractivity contribution < 1.29 is 22.1 Å². The van der Waals surface area contributed by atoms with Gasteiger partial charge in [0.25, 0.3) is 0 Å². The zero-order valence-corrected chi connectivity index (χ0v) is 17.3. The Bertz CT molecular complexity index is 1080. The molecule has 0 aromatic heterocycles. The van der Waals surface area contributed by atoms with E-state index in [1.165, 1.54) is 31.4 Å². The summed E-state index contributed by atoms with van der Waals surface area (Å²) in [5.41, 5.74) is 7.87. The van der Waals surface area contributed by atoms with Crippen LogP contribution in [-0.2, 0) is 26.1 Å². The fourth-order valence-electron chi connectivity index (χ4n) is 3.21. The maximum absolute atomic E-state index is 12.5. The smallest absolute Gasteiger partial charge is 0.339 e. The van der Waals surface area contributed by atoms with Gasteiger partial charge in [-0.1, -0.05) is 60.7 Å². The lowest BCUT2D eigenvalue weighted by Gasteiger charge is -2.22. The van der Waals surface area contributed by atoms with Crippen LogP contribution in [-0.4, -0.2) is 27.5 Å². The van der Waals surface area contributed by atoms with Gasteiger partial charge in [0.05, 0.1) is 13.0 Å². The van der Waals surface area contributed by atoms with Gasteiger partial charge in [-0.05, 0) is 41.8 Å². The molecule has 0 amide bonds. The predicted molar refractivity (Wildman–Crippen MR) is 114 cm³/mol. The molecule has 0 saturated heterocycles. The fraction of sp³-hybridized carbons (Fsp3) is 0.174. The molecule has 0 spiro atoms. The van der Waals surface area contributed by atoms with Gasteiger partial charge in [-0.3, -0.25) is 4.79 Å². The SMILES string of the molecule is COC(=O)C(c1cccc(OS(=O)(=O)c2ccccc2)c1)C(N)Cc1ccccc1. The van der Waals surface area contributed by atoms with E-state index in [0.29, 0.717) is 12.0 Å². The molecular formula is C23H23NO5S. The normalized spacial score (nSPS) is 13.3. The molecule has 2 N–H and O–H groups in total. The third kappa shape index (κ3) is 5.25. The average Bonchev–Trinajstić information content (AvgIpc) is 2.75. The van der Waals surface area contributed by atoms with Crippen LogP contribution in [0.4, 0.5) is 0 Å². The van der Waals surface area contributed by atoms with E-state index in [4.69, 9.17) is 14.7 Å². The van der Waals surface area contributed by atoms with E-state index in [9.17, 15) is 13.2 Å². The number of rotatable bonds is 8. The van der Waals surface area contributed by atoms with Gasteiger partial charge in [-0.25, -0.2) is 0 Å². The molecule has 2 unspecified atom stereocenters. The molecule has 3 rings (SSSR count). The van der Waals surface area contributed by atoms with E-state index in [1.54, 1.807) is 30.3 Å². The van der Waals surface area contributed by atoms with Crippen molar-refractivity contribution in [1.82, 2.24) is 0 Å². The number of hydrogen-bond acceptors (Lipinski definition) is 6. The van der Waals surface area contributed by atoms with Crippen molar-refractivity contribution in [2.24, 2.45) is 5.73 Å². The fourth-order valence-corrected chi connectivity index (χ4v) is 4.15.